The maximum absolute atomic E-state index is 10.2. The van der Waals surface area contributed by atoms with Gasteiger partial charge in [0.05, 0.1) is 0 Å². The minimum atomic E-state index is -0.508. The molecule has 0 aliphatic carbocycles. The van der Waals surface area contributed by atoms with Crippen LogP contribution in [0.5, 0.6) is 5.75 Å². The van der Waals surface area contributed by atoms with E-state index in [9.17, 15) is 5.11 Å². The predicted octanol–water partition coefficient (Wildman–Crippen LogP) is 2.75. The quantitative estimate of drug-likeness (QED) is 0.813. The van der Waals surface area contributed by atoms with Gasteiger partial charge in [-0.15, -0.1) is 0 Å². The monoisotopic (exact) mass is 343 g/mol. The Morgan fingerprint density at radius 2 is 1.84 bits per heavy atom. The van der Waals surface area contributed by atoms with Crippen molar-refractivity contribution in [2.75, 3.05) is 13.2 Å². The molecule has 2 atom stereocenters. The molecule has 0 saturated heterocycles. The van der Waals surface area contributed by atoms with Crippen molar-refractivity contribution in [3.05, 3.63) is 59.4 Å². The highest BCUT2D eigenvalue weighted by atomic mass is 16.5. The highest BCUT2D eigenvalue weighted by Gasteiger charge is 2.16. The molecule has 2 rings (SSSR count). The van der Waals surface area contributed by atoms with E-state index >= 15 is 0 Å². The summed E-state index contributed by atoms with van der Waals surface area (Å²) >= 11 is 0. The van der Waals surface area contributed by atoms with Gasteiger partial charge in [0.25, 0.3) is 0 Å². The SMILES string of the molecule is Cc1cc(C(C)(C)C)ccc1OC[C@@H](O)C[NH2+][C@@H](C)c1ccncc1. The molecule has 0 bridgehead atoms. The minimum absolute atomic E-state index is 0.126. The molecule has 0 saturated carbocycles. The summed E-state index contributed by atoms with van der Waals surface area (Å²) in [4.78, 5) is 4.03. The van der Waals surface area contributed by atoms with Gasteiger partial charge in [0.1, 0.15) is 31.0 Å². The molecule has 0 radical (unpaired) electrons. The van der Waals surface area contributed by atoms with E-state index < -0.39 is 6.10 Å². The van der Waals surface area contributed by atoms with E-state index in [0.717, 1.165) is 11.3 Å². The van der Waals surface area contributed by atoms with Gasteiger partial charge in [-0.1, -0.05) is 32.9 Å². The summed E-state index contributed by atoms with van der Waals surface area (Å²) in [6, 6.07) is 10.6. The van der Waals surface area contributed by atoms with E-state index in [1.54, 1.807) is 12.4 Å². The molecule has 0 fully saturated rings. The van der Waals surface area contributed by atoms with Crippen molar-refractivity contribution in [1.82, 2.24) is 4.98 Å². The number of aliphatic hydroxyl groups is 1. The topological polar surface area (TPSA) is 59.0 Å². The summed E-state index contributed by atoms with van der Waals surface area (Å²) in [7, 11) is 0. The zero-order valence-electron chi connectivity index (χ0n) is 16.0. The molecule has 25 heavy (non-hydrogen) atoms. The Kier molecular flexibility index (Phi) is 6.57. The summed E-state index contributed by atoms with van der Waals surface area (Å²) in [5.74, 6) is 0.842. The van der Waals surface area contributed by atoms with E-state index in [0.29, 0.717) is 13.2 Å². The van der Waals surface area contributed by atoms with Crippen molar-refractivity contribution >= 4 is 0 Å². The van der Waals surface area contributed by atoms with Crippen LogP contribution >= 0.6 is 0 Å². The van der Waals surface area contributed by atoms with Crippen LogP contribution in [0.15, 0.2) is 42.7 Å². The van der Waals surface area contributed by atoms with Crippen LogP contribution in [0.3, 0.4) is 0 Å². The highest BCUT2D eigenvalue weighted by molar-refractivity contribution is 5.38. The first kappa shape index (κ1) is 19.4. The number of nitrogens with zero attached hydrogens (tertiary/aromatic N) is 1. The van der Waals surface area contributed by atoms with E-state index in [4.69, 9.17) is 4.74 Å². The lowest BCUT2D eigenvalue weighted by Gasteiger charge is -2.21. The molecule has 4 nitrogen and oxygen atoms in total. The maximum atomic E-state index is 10.2. The van der Waals surface area contributed by atoms with Gasteiger partial charge in [-0.05, 0) is 48.6 Å². The number of hydrogen-bond donors (Lipinski definition) is 2. The third-order valence-corrected chi connectivity index (χ3v) is 4.47. The molecule has 1 aromatic heterocycles. The van der Waals surface area contributed by atoms with Gasteiger partial charge in [0.15, 0.2) is 0 Å². The van der Waals surface area contributed by atoms with Crippen molar-refractivity contribution < 1.29 is 15.2 Å². The third kappa shape index (κ3) is 5.83. The van der Waals surface area contributed by atoms with Crippen molar-refractivity contribution in [2.45, 2.75) is 52.2 Å². The average molecular weight is 343 g/mol. The zero-order valence-corrected chi connectivity index (χ0v) is 16.0. The number of rotatable bonds is 7. The standard InChI is InChI=1S/C21H30N2O2/c1-15-12-18(21(3,4)5)6-7-20(15)25-14-19(24)13-23-16(2)17-8-10-22-11-9-17/h6-12,16,19,23-24H,13-14H2,1-5H3/p+1/t16-,19-/m0/s1. The molecule has 0 amide bonds. The van der Waals surface area contributed by atoms with Gasteiger partial charge in [0, 0.05) is 18.0 Å². The van der Waals surface area contributed by atoms with Crippen LogP contribution in [-0.4, -0.2) is 29.3 Å². The van der Waals surface area contributed by atoms with Crippen molar-refractivity contribution in [2.24, 2.45) is 0 Å². The highest BCUT2D eigenvalue weighted by Crippen LogP contribution is 2.27. The number of quaternary nitrogens is 1. The summed E-state index contributed by atoms with van der Waals surface area (Å²) in [6.45, 7) is 11.7. The van der Waals surface area contributed by atoms with Crippen LogP contribution in [0.4, 0.5) is 0 Å². The van der Waals surface area contributed by atoms with Crippen molar-refractivity contribution in [3.8, 4) is 5.75 Å². The number of ether oxygens (including phenoxy) is 1. The van der Waals surface area contributed by atoms with Gasteiger partial charge >= 0.3 is 0 Å². The van der Waals surface area contributed by atoms with Gasteiger partial charge < -0.3 is 15.2 Å². The Morgan fingerprint density at radius 1 is 1.16 bits per heavy atom. The Bertz CT molecular complexity index is 665. The summed E-state index contributed by atoms with van der Waals surface area (Å²) in [6.07, 6.45) is 3.08. The summed E-state index contributed by atoms with van der Waals surface area (Å²) in [5.41, 5.74) is 3.73. The second-order valence-corrected chi connectivity index (χ2v) is 7.74. The lowest BCUT2D eigenvalue weighted by Crippen LogP contribution is -2.87. The molecule has 0 spiro atoms. The average Bonchev–Trinajstić information content (AvgIpc) is 2.58. The maximum Gasteiger partial charge on any atom is 0.137 e. The van der Waals surface area contributed by atoms with Crippen LogP contribution in [0.1, 0.15) is 50.4 Å². The van der Waals surface area contributed by atoms with Gasteiger partial charge in [-0.3, -0.25) is 4.98 Å². The van der Waals surface area contributed by atoms with Crippen molar-refractivity contribution in [1.29, 1.82) is 0 Å². The van der Waals surface area contributed by atoms with Crippen LogP contribution in [0, 0.1) is 6.92 Å². The lowest BCUT2D eigenvalue weighted by molar-refractivity contribution is -0.698. The number of aliphatic hydroxyl groups excluding tert-OH is 1. The van der Waals surface area contributed by atoms with Crippen LogP contribution in [0.25, 0.3) is 0 Å². The Labute approximate surface area is 151 Å². The van der Waals surface area contributed by atoms with Crippen LogP contribution < -0.4 is 10.1 Å². The fourth-order valence-electron chi connectivity index (χ4n) is 2.70. The Morgan fingerprint density at radius 3 is 2.44 bits per heavy atom. The van der Waals surface area contributed by atoms with Crippen LogP contribution in [-0.2, 0) is 5.41 Å². The Balaban J connectivity index is 1.83. The van der Waals surface area contributed by atoms with Crippen LogP contribution in [0.2, 0.25) is 0 Å². The number of nitrogens with two attached hydrogens (primary N) is 1. The largest absolute Gasteiger partial charge is 0.490 e. The second-order valence-electron chi connectivity index (χ2n) is 7.74. The zero-order chi connectivity index (χ0) is 18.4. The molecule has 2 aromatic rings. The first-order valence-corrected chi connectivity index (χ1v) is 8.92. The third-order valence-electron chi connectivity index (χ3n) is 4.47. The molecule has 0 aliphatic rings. The molecule has 0 aliphatic heterocycles. The first-order chi connectivity index (χ1) is 11.8. The van der Waals surface area contributed by atoms with Gasteiger partial charge in [0.2, 0.25) is 0 Å². The fraction of sp³-hybridized carbons (Fsp3) is 0.476. The van der Waals surface area contributed by atoms with E-state index in [-0.39, 0.29) is 11.5 Å². The number of hydrogen-bond acceptors (Lipinski definition) is 3. The smallest absolute Gasteiger partial charge is 0.137 e. The number of aromatic nitrogens is 1. The predicted molar refractivity (Wildman–Crippen MR) is 101 cm³/mol. The molecule has 3 N–H and O–H groups in total. The van der Waals surface area contributed by atoms with Crippen molar-refractivity contribution in [3.63, 3.8) is 0 Å². The molecule has 4 heteroatoms. The molecular weight excluding hydrogens is 312 g/mol. The lowest BCUT2D eigenvalue weighted by atomic mass is 9.86. The minimum Gasteiger partial charge on any atom is -0.490 e. The van der Waals surface area contributed by atoms with E-state index in [1.807, 2.05) is 18.2 Å². The summed E-state index contributed by atoms with van der Waals surface area (Å²) < 4.78 is 5.82. The van der Waals surface area contributed by atoms with Gasteiger partial charge in [-0.2, -0.15) is 0 Å². The molecule has 136 valence electrons. The number of benzene rings is 1. The fourth-order valence-corrected chi connectivity index (χ4v) is 2.70. The summed E-state index contributed by atoms with van der Waals surface area (Å²) in [5, 5.41) is 12.3. The van der Waals surface area contributed by atoms with Gasteiger partial charge in [-0.25, -0.2) is 0 Å². The first-order valence-electron chi connectivity index (χ1n) is 8.92. The molecule has 1 aromatic carbocycles. The van der Waals surface area contributed by atoms with E-state index in [2.05, 4.69) is 57.1 Å². The second kappa shape index (κ2) is 8.45. The normalized spacial score (nSPS) is 14.2. The van der Waals surface area contributed by atoms with E-state index in [1.165, 1.54) is 11.1 Å². The molecular formula is C21H31N2O2+. The number of aryl methyl sites for hydroxylation is 1. The number of pyridine rings is 1. The molecule has 1 heterocycles. The Hall–Kier alpha value is -1.91. The molecule has 0 unspecified atom stereocenters.